The number of rotatable bonds is 6. The van der Waals surface area contributed by atoms with Crippen molar-refractivity contribution in [3.05, 3.63) is 53.6 Å². The number of carbonyl (C=O) groups is 1. The highest BCUT2D eigenvalue weighted by Crippen LogP contribution is 2.37. The van der Waals surface area contributed by atoms with Gasteiger partial charge in [-0.25, -0.2) is 8.42 Å². The van der Waals surface area contributed by atoms with Crippen molar-refractivity contribution < 1.29 is 17.9 Å². The second kappa shape index (κ2) is 8.91. The third-order valence-electron chi connectivity index (χ3n) is 5.63. The molecule has 0 saturated carbocycles. The Morgan fingerprint density at radius 3 is 2.16 bits per heavy atom. The van der Waals surface area contributed by atoms with E-state index < -0.39 is 16.1 Å². The molecule has 1 aliphatic heterocycles. The van der Waals surface area contributed by atoms with E-state index in [1.54, 1.807) is 36.4 Å². The first-order chi connectivity index (χ1) is 14.5. The Balaban J connectivity index is 1.98. The van der Waals surface area contributed by atoms with Crippen molar-refractivity contribution >= 4 is 21.6 Å². The van der Waals surface area contributed by atoms with E-state index in [0.29, 0.717) is 11.4 Å². The van der Waals surface area contributed by atoms with E-state index in [-0.39, 0.29) is 35.2 Å². The maximum absolute atomic E-state index is 13.5. The molecule has 0 bridgehead atoms. The number of nitrogens with one attached hydrogen (secondary N) is 1. The molecule has 0 unspecified atom stereocenters. The Kier molecular flexibility index (Phi) is 6.65. The van der Waals surface area contributed by atoms with Crippen molar-refractivity contribution in [1.82, 2.24) is 5.32 Å². The molecule has 6 nitrogen and oxygen atoms in total. The highest BCUT2D eigenvalue weighted by atomic mass is 32.2. The number of sulfonamides is 1. The topological polar surface area (TPSA) is 75.7 Å². The fourth-order valence-corrected chi connectivity index (χ4v) is 5.40. The average molecular weight is 445 g/mol. The lowest BCUT2D eigenvalue weighted by Crippen LogP contribution is -2.54. The smallest absolute Gasteiger partial charge is 0.264 e. The Morgan fingerprint density at radius 2 is 1.58 bits per heavy atom. The fraction of sp³-hybridized carbons (Fsp3) is 0.458. The van der Waals surface area contributed by atoms with Crippen LogP contribution < -0.4 is 14.4 Å². The fourth-order valence-electron chi connectivity index (χ4n) is 3.92. The molecule has 168 valence electrons. The summed E-state index contributed by atoms with van der Waals surface area (Å²) in [5.74, 6) is 0.584. The average Bonchev–Trinajstić information content (AvgIpc) is 2.70. The minimum Gasteiger partial charge on any atom is -0.476 e. The second-order valence-corrected chi connectivity index (χ2v) is 10.8. The lowest BCUT2D eigenvalue weighted by Gasteiger charge is -2.36. The Labute approximate surface area is 185 Å². The molecule has 2 aromatic rings. The molecule has 0 fully saturated rings. The third-order valence-corrected chi connectivity index (χ3v) is 7.43. The maximum atomic E-state index is 13.5. The molecule has 31 heavy (non-hydrogen) atoms. The van der Waals surface area contributed by atoms with Crippen LogP contribution in [-0.4, -0.2) is 33.0 Å². The molecule has 2 aromatic carbocycles. The van der Waals surface area contributed by atoms with Crippen molar-refractivity contribution in [2.24, 2.45) is 11.8 Å². The van der Waals surface area contributed by atoms with E-state index in [1.165, 1.54) is 4.31 Å². The molecule has 1 heterocycles. The van der Waals surface area contributed by atoms with Gasteiger partial charge in [0.1, 0.15) is 5.75 Å². The summed E-state index contributed by atoms with van der Waals surface area (Å²) in [5.41, 5.74) is 2.34. The number of benzene rings is 2. The van der Waals surface area contributed by atoms with Crippen LogP contribution in [0.5, 0.6) is 5.75 Å². The van der Waals surface area contributed by atoms with Crippen LogP contribution in [0.2, 0.25) is 0 Å². The van der Waals surface area contributed by atoms with Gasteiger partial charge in [0.15, 0.2) is 6.10 Å². The first kappa shape index (κ1) is 23.1. The highest BCUT2D eigenvalue weighted by Gasteiger charge is 2.38. The first-order valence-electron chi connectivity index (χ1n) is 10.7. The number of hydrogen-bond donors (Lipinski definition) is 1. The summed E-state index contributed by atoms with van der Waals surface area (Å²) in [6.07, 6.45) is -0.936. The summed E-state index contributed by atoms with van der Waals surface area (Å²) >= 11 is 0. The van der Waals surface area contributed by atoms with Crippen LogP contribution in [0, 0.1) is 25.7 Å². The molecule has 3 rings (SSSR count). The second-order valence-electron chi connectivity index (χ2n) is 8.95. The molecular weight excluding hydrogens is 412 g/mol. The van der Waals surface area contributed by atoms with Gasteiger partial charge in [-0.3, -0.25) is 9.10 Å². The highest BCUT2D eigenvalue weighted by molar-refractivity contribution is 7.92. The van der Waals surface area contributed by atoms with E-state index in [4.69, 9.17) is 4.74 Å². The molecule has 1 N–H and O–H groups in total. The van der Waals surface area contributed by atoms with Gasteiger partial charge in [-0.15, -0.1) is 0 Å². The van der Waals surface area contributed by atoms with Gasteiger partial charge in [-0.05, 0) is 55.5 Å². The summed E-state index contributed by atoms with van der Waals surface area (Å²) in [6.45, 7) is 11.9. The lowest BCUT2D eigenvalue weighted by atomic mass is 9.93. The molecule has 0 aliphatic carbocycles. The predicted molar refractivity (Wildman–Crippen MR) is 123 cm³/mol. The summed E-state index contributed by atoms with van der Waals surface area (Å²) in [4.78, 5) is 13.3. The van der Waals surface area contributed by atoms with E-state index in [1.807, 2.05) is 19.9 Å². The Bertz CT molecular complexity index is 1040. The molecule has 1 amide bonds. The molecule has 0 saturated heterocycles. The van der Waals surface area contributed by atoms with Gasteiger partial charge in [-0.1, -0.05) is 51.5 Å². The number of anilines is 1. The number of carbonyl (C=O) groups excluding carboxylic acids is 1. The van der Waals surface area contributed by atoms with Gasteiger partial charge >= 0.3 is 0 Å². The predicted octanol–water partition coefficient (Wildman–Crippen LogP) is 4.06. The van der Waals surface area contributed by atoms with Crippen molar-refractivity contribution in [3.8, 4) is 5.75 Å². The summed E-state index contributed by atoms with van der Waals surface area (Å²) < 4.78 is 34.3. The van der Waals surface area contributed by atoms with Crippen LogP contribution in [0.4, 0.5) is 5.69 Å². The number of aryl methyl sites for hydroxylation is 2. The maximum Gasteiger partial charge on any atom is 0.264 e. The summed E-state index contributed by atoms with van der Waals surface area (Å²) in [6, 6.07) is 12.0. The van der Waals surface area contributed by atoms with Crippen LogP contribution >= 0.6 is 0 Å². The van der Waals surface area contributed by atoms with E-state index in [2.05, 4.69) is 33.0 Å². The number of nitrogens with zero attached hydrogens (tertiary/aromatic N) is 1. The van der Waals surface area contributed by atoms with Gasteiger partial charge in [0.25, 0.3) is 15.9 Å². The van der Waals surface area contributed by atoms with E-state index >= 15 is 0 Å². The number of amides is 1. The molecule has 0 aromatic heterocycles. The monoisotopic (exact) mass is 444 g/mol. The number of hydrogen-bond acceptors (Lipinski definition) is 4. The minimum atomic E-state index is -3.86. The van der Waals surface area contributed by atoms with Gasteiger partial charge in [0, 0.05) is 6.04 Å². The quantitative estimate of drug-likeness (QED) is 0.729. The zero-order valence-electron chi connectivity index (χ0n) is 19.0. The standard InChI is InChI=1S/C24H32N2O4S/c1-15(2)23(16(3)4)25-24(27)22-14-26(20-12-9-18(6)13-21(20)30-22)31(28,29)19-10-7-17(5)8-11-19/h7-13,15-16,22-23H,14H2,1-6H3,(H,25,27)/t22-/m0/s1. The van der Waals surface area contributed by atoms with Crippen LogP contribution in [0.1, 0.15) is 38.8 Å². The van der Waals surface area contributed by atoms with Gasteiger partial charge in [-0.2, -0.15) is 0 Å². The van der Waals surface area contributed by atoms with Crippen molar-refractivity contribution in [1.29, 1.82) is 0 Å². The molecule has 0 spiro atoms. The molecule has 7 heteroatoms. The molecule has 1 atom stereocenters. The van der Waals surface area contributed by atoms with Gasteiger partial charge in [0.05, 0.1) is 17.1 Å². The SMILES string of the molecule is Cc1ccc(S(=O)(=O)N2C[C@@H](C(=O)NC(C(C)C)C(C)C)Oc3cc(C)ccc32)cc1. The molecule has 0 radical (unpaired) electrons. The first-order valence-corrected chi connectivity index (χ1v) is 12.1. The summed E-state index contributed by atoms with van der Waals surface area (Å²) in [7, 11) is -3.86. The van der Waals surface area contributed by atoms with Crippen molar-refractivity contribution in [2.75, 3.05) is 10.8 Å². The Hall–Kier alpha value is -2.54. The largest absolute Gasteiger partial charge is 0.476 e. The van der Waals surface area contributed by atoms with Crippen molar-refractivity contribution in [3.63, 3.8) is 0 Å². The summed E-state index contributed by atoms with van der Waals surface area (Å²) in [5, 5.41) is 3.06. The van der Waals surface area contributed by atoms with Crippen LogP contribution in [0.3, 0.4) is 0 Å². The van der Waals surface area contributed by atoms with E-state index in [9.17, 15) is 13.2 Å². The number of ether oxygens (including phenoxy) is 1. The van der Waals surface area contributed by atoms with Crippen LogP contribution in [0.25, 0.3) is 0 Å². The Morgan fingerprint density at radius 1 is 1.00 bits per heavy atom. The number of fused-ring (bicyclic) bond motifs is 1. The van der Waals surface area contributed by atoms with Crippen LogP contribution in [0.15, 0.2) is 47.4 Å². The zero-order valence-corrected chi connectivity index (χ0v) is 19.9. The lowest BCUT2D eigenvalue weighted by molar-refractivity contribution is -0.129. The van der Waals surface area contributed by atoms with Crippen LogP contribution in [-0.2, 0) is 14.8 Å². The normalized spacial score (nSPS) is 16.4. The van der Waals surface area contributed by atoms with E-state index in [0.717, 1.165) is 11.1 Å². The third kappa shape index (κ3) is 4.87. The van der Waals surface area contributed by atoms with Gasteiger partial charge < -0.3 is 10.1 Å². The minimum absolute atomic E-state index is 0.0304. The molecular formula is C24H32N2O4S. The molecule has 1 aliphatic rings. The van der Waals surface area contributed by atoms with Gasteiger partial charge in [0.2, 0.25) is 0 Å². The zero-order chi connectivity index (χ0) is 22.9. The van der Waals surface area contributed by atoms with Crippen molar-refractivity contribution in [2.45, 2.75) is 58.6 Å².